The van der Waals surface area contributed by atoms with Crippen LogP contribution in [-0.2, 0) is 4.79 Å². The summed E-state index contributed by atoms with van der Waals surface area (Å²) in [6.45, 7) is 6.88. The number of anilines is 1. The zero-order valence-corrected chi connectivity index (χ0v) is 11.5. The van der Waals surface area contributed by atoms with Gasteiger partial charge >= 0.3 is 0 Å². The van der Waals surface area contributed by atoms with Gasteiger partial charge in [-0.25, -0.2) is 4.98 Å². The number of nitrogens with one attached hydrogen (secondary N) is 2. The monoisotopic (exact) mass is 249 g/mol. The van der Waals surface area contributed by atoms with Crippen molar-refractivity contribution in [3.05, 3.63) is 12.4 Å². The van der Waals surface area contributed by atoms with Crippen LogP contribution in [-0.4, -0.2) is 15.9 Å². The molecule has 100 valence electrons. The molecule has 4 nitrogen and oxygen atoms in total. The van der Waals surface area contributed by atoms with Gasteiger partial charge in [-0.15, -0.1) is 0 Å². The van der Waals surface area contributed by atoms with Crippen LogP contribution in [0.1, 0.15) is 46.5 Å². The molecule has 0 aliphatic heterocycles. The molecule has 1 saturated carbocycles. The van der Waals surface area contributed by atoms with E-state index in [2.05, 4.69) is 36.1 Å². The number of aromatic nitrogens is 2. The Morgan fingerprint density at radius 2 is 2.00 bits per heavy atom. The molecule has 1 aromatic rings. The Kier molecular flexibility index (Phi) is 3.73. The van der Waals surface area contributed by atoms with Gasteiger partial charge in [0, 0.05) is 18.3 Å². The number of amides is 1. The van der Waals surface area contributed by atoms with Gasteiger partial charge in [0.1, 0.15) is 0 Å². The molecule has 1 aliphatic carbocycles. The smallest absolute Gasteiger partial charge is 0.229 e. The fraction of sp³-hybridized carbons (Fsp3) is 0.714. The van der Waals surface area contributed by atoms with Crippen molar-refractivity contribution in [3.8, 4) is 0 Å². The molecule has 1 heterocycles. The maximum absolute atomic E-state index is 12.1. The van der Waals surface area contributed by atoms with Crippen molar-refractivity contribution in [1.82, 2.24) is 9.97 Å². The maximum atomic E-state index is 12.1. The average Bonchev–Trinajstić information content (AvgIpc) is 2.81. The minimum Gasteiger partial charge on any atom is -0.331 e. The summed E-state index contributed by atoms with van der Waals surface area (Å²) >= 11 is 0. The minimum atomic E-state index is 0.109. The molecule has 1 aromatic heterocycles. The molecule has 0 aromatic carbocycles. The molecule has 2 rings (SSSR count). The zero-order chi connectivity index (χ0) is 13.2. The van der Waals surface area contributed by atoms with E-state index in [0.717, 1.165) is 31.6 Å². The van der Waals surface area contributed by atoms with E-state index in [1.165, 1.54) is 0 Å². The van der Waals surface area contributed by atoms with Gasteiger partial charge in [-0.3, -0.25) is 10.1 Å². The lowest BCUT2D eigenvalue weighted by atomic mass is 9.70. The molecule has 0 saturated heterocycles. The van der Waals surface area contributed by atoms with Gasteiger partial charge in [-0.05, 0) is 37.0 Å². The zero-order valence-electron chi connectivity index (χ0n) is 11.5. The lowest BCUT2D eigenvalue weighted by molar-refractivity contribution is -0.121. The van der Waals surface area contributed by atoms with Crippen molar-refractivity contribution >= 4 is 11.9 Å². The summed E-state index contributed by atoms with van der Waals surface area (Å²) in [4.78, 5) is 19.0. The molecule has 18 heavy (non-hydrogen) atoms. The molecule has 0 spiro atoms. The van der Waals surface area contributed by atoms with E-state index in [1.807, 2.05) is 0 Å². The number of carbonyl (C=O) groups is 1. The standard InChI is InChI=1S/C14H23N3O/c1-14(2,3)11-6-4-10(5-7-11)12(18)17-13-15-8-9-16-13/h8-11H,4-7H2,1-3H3,(H2,15,16,17,18). The van der Waals surface area contributed by atoms with E-state index in [-0.39, 0.29) is 11.8 Å². The van der Waals surface area contributed by atoms with Crippen LogP contribution in [0.15, 0.2) is 12.4 Å². The first kappa shape index (κ1) is 13.1. The Morgan fingerprint density at radius 3 is 2.50 bits per heavy atom. The molecule has 4 heteroatoms. The average molecular weight is 249 g/mol. The quantitative estimate of drug-likeness (QED) is 0.845. The van der Waals surface area contributed by atoms with Gasteiger partial charge in [-0.1, -0.05) is 20.8 Å². The van der Waals surface area contributed by atoms with Crippen molar-refractivity contribution in [3.63, 3.8) is 0 Å². The number of hydrogen-bond donors (Lipinski definition) is 2. The molecule has 0 unspecified atom stereocenters. The first-order chi connectivity index (χ1) is 8.47. The van der Waals surface area contributed by atoms with Crippen molar-refractivity contribution in [2.75, 3.05) is 5.32 Å². The van der Waals surface area contributed by atoms with Gasteiger partial charge in [0.2, 0.25) is 11.9 Å². The third-order valence-corrected chi connectivity index (χ3v) is 4.06. The van der Waals surface area contributed by atoms with Gasteiger partial charge < -0.3 is 4.98 Å². The second kappa shape index (κ2) is 5.12. The fourth-order valence-corrected chi connectivity index (χ4v) is 2.77. The number of hydrogen-bond acceptors (Lipinski definition) is 2. The molecule has 0 bridgehead atoms. The SMILES string of the molecule is CC(C)(C)C1CCC(C(=O)Nc2ncc[nH]2)CC1. The van der Waals surface area contributed by atoms with Gasteiger partial charge in [0.25, 0.3) is 0 Å². The number of nitrogens with zero attached hydrogens (tertiary/aromatic N) is 1. The molecule has 1 fully saturated rings. The normalized spacial score (nSPS) is 24.8. The summed E-state index contributed by atoms with van der Waals surface area (Å²) in [6.07, 6.45) is 7.65. The fourth-order valence-electron chi connectivity index (χ4n) is 2.77. The Morgan fingerprint density at radius 1 is 1.33 bits per heavy atom. The molecule has 1 aliphatic rings. The lowest BCUT2D eigenvalue weighted by Crippen LogP contribution is -2.31. The van der Waals surface area contributed by atoms with E-state index >= 15 is 0 Å². The Hall–Kier alpha value is -1.32. The largest absolute Gasteiger partial charge is 0.331 e. The minimum absolute atomic E-state index is 0.109. The maximum Gasteiger partial charge on any atom is 0.229 e. The van der Waals surface area contributed by atoms with Crippen molar-refractivity contribution in [2.24, 2.45) is 17.3 Å². The number of aromatic amines is 1. The van der Waals surface area contributed by atoms with Crippen LogP contribution in [0, 0.1) is 17.3 Å². The number of imidazole rings is 1. The van der Waals surface area contributed by atoms with E-state index in [9.17, 15) is 4.79 Å². The summed E-state index contributed by atoms with van der Waals surface area (Å²) in [5.41, 5.74) is 0.364. The molecular weight excluding hydrogens is 226 g/mol. The highest BCUT2D eigenvalue weighted by molar-refractivity contribution is 5.90. The van der Waals surface area contributed by atoms with Crippen molar-refractivity contribution in [2.45, 2.75) is 46.5 Å². The predicted octanol–water partition coefficient (Wildman–Crippen LogP) is 3.20. The molecule has 0 atom stereocenters. The van der Waals surface area contributed by atoms with E-state index in [1.54, 1.807) is 12.4 Å². The van der Waals surface area contributed by atoms with Crippen molar-refractivity contribution < 1.29 is 4.79 Å². The highest BCUT2D eigenvalue weighted by Crippen LogP contribution is 2.39. The van der Waals surface area contributed by atoms with Crippen LogP contribution in [0.3, 0.4) is 0 Å². The Labute approximate surface area is 109 Å². The molecule has 2 N–H and O–H groups in total. The predicted molar refractivity (Wildman–Crippen MR) is 72.1 cm³/mol. The summed E-state index contributed by atoms with van der Waals surface area (Å²) < 4.78 is 0. The van der Waals surface area contributed by atoms with Gasteiger partial charge in [0.15, 0.2) is 0 Å². The van der Waals surface area contributed by atoms with Gasteiger partial charge in [-0.2, -0.15) is 0 Å². The first-order valence-electron chi connectivity index (χ1n) is 6.77. The Balaban J connectivity index is 1.84. The number of rotatable bonds is 2. The topological polar surface area (TPSA) is 57.8 Å². The second-order valence-electron chi connectivity index (χ2n) is 6.34. The van der Waals surface area contributed by atoms with Crippen molar-refractivity contribution in [1.29, 1.82) is 0 Å². The van der Waals surface area contributed by atoms with E-state index < -0.39 is 0 Å². The first-order valence-corrected chi connectivity index (χ1v) is 6.77. The summed E-state index contributed by atoms with van der Waals surface area (Å²) in [5.74, 6) is 1.55. The second-order valence-corrected chi connectivity index (χ2v) is 6.34. The molecule has 1 amide bonds. The van der Waals surface area contributed by atoms with Crippen LogP contribution < -0.4 is 5.32 Å². The van der Waals surface area contributed by atoms with Gasteiger partial charge in [0.05, 0.1) is 0 Å². The number of carbonyl (C=O) groups excluding carboxylic acids is 1. The Bertz CT molecular complexity index is 384. The third-order valence-electron chi connectivity index (χ3n) is 4.06. The lowest BCUT2D eigenvalue weighted by Gasteiger charge is -2.36. The van der Waals surface area contributed by atoms with Crippen LogP contribution >= 0.6 is 0 Å². The molecule has 0 radical (unpaired) electrons. The highest BCUT2D eigenvalue weighted by atomic mass is 16.2. The van der Waals surface area contributed by atoms with E-state index in [4.69, 9.17) is 0 Å². The van der Waals surface area contributed by atoms with Crippen LogP contribution in [0.2, 0.25) is 0 Å². The summed E-state index contributed by atoms with van der Waals surface area (Å²) in [7, 11) is 0. The third kappa shape index (κ3) is 3.12. The van der Waals surface area contributed by atoms with Crippen LogP contribution in [0.5, 0.6) is 0 Å². The summed E-state index contributed by atoms with van der Waals surface area (Å²) in [6, 6.07) is 0. The van der Waals surface area contributed by atoms with E-state index in [0.29, 0.717) is 11.4 Å². The molecular formula is C14H23N3O. The van der Waals surface area contributed by atoms with Crippen LogP contribution in [0.25, 0.3) is 0 Å². The van der Waals surface area contributed by atoms with Crippen LogP contribution in [0.4, 0.5) is 5.95 Å². The highest BCUT2D eigenvalue weighted by Gasteiger charge is 2.32. The summed E-state index contributed by atoms with van der Waals surface area (Å²) in [5, 5.41) is 2.84. The number of H-pyrrole nitrogens is 1.